The summed E-state index contributed by atoms with van der Waals surface area (Å²) in [5, 5.41) is 2.07. The summed E-state index contributed by atoms with van der Waals surface area (Å²) in [6.07, 6.45) is -1.06. The van der Waals surface area contributed by atoms with Crippen molar-refractivity contribution in [3.8, 4) is 0 Å². The van der Waals surface area contributed by atoms with Gasteiger partial charge in [-0.05, 0) is 18.7 Å². The molecule has 0 aliphatic rings. The smallest absolute Gasteiger partial charge is 0.235 e. The van der Waals surface area contributed by atoms with Crippen LogP contribution in [0, 0.1) is 18.9 Å². The number of aryl methyl sites for hydroxylation is 1. The zero-order chi connectivity index (χ0) is 10.8. The Morgan fingerprint density at radius 1 is 1.27 bits per heavy atom. The lowest BCUT2D eigenvalue weighted by Gasteiger charge is -1.96. The van der Waals surface area contributed by atoms with Crippen LogP contribution in [-0.4, -0.2) is 15.0 Å². The van der Waals surface area contributed by atoms with Crippen LogP contribution in [0.15, 0.2) is 20.8 Å². The van der Waals surface area contributed by atoms with Gasteiger partial charge in [0.2, 0.25) is 5.95 Å². The van der Waals surface area contributed by atoms with Gasteiger partial charge in [-0.25, -0.2) is 4.98 Å². The molecule has 0 amide bonds. The predicted molar refractivity (Wildman–Crippen MR) is 52.9 cm³/mol. The lowest BCUT2D eigenvalue weighted by Crippen LogP contribution is -1.94. The van der Waals surface area contributed by atoms with E-state index < -0.39 is 12.0 Å². The molecule has 0 fully saturated rings. The number of thiazole rings is 1. The Hall–Kier alpha value is -1.08. The van der Waals surface area contributed by atoms with Gasteiger partial charge >= 0.3 is 6.08 Å². The summed E-state index contributed by atoms with van der Waals surface area (Å²) >= 11 is 2.52. The first-order valence-electron chi connectivity index (χ1n) is 3.93. The SMILES string of the molecule is Cc1csc(Sc2cc(F)nc(F)n2)n1. The molecule has 0 aromatic carbocycles. The molecule has 15 heavy (non-hydrogen) atoms. The van der Waals surface area contributed by atoms with Crippen molar-refractivity contribution in [2.24, 2.45) is 0 Å². The molecule has 0 spiro atoms. The first kappa shape index (κ1) is 10.4. The minimum absolute atomic E-state index is 0.217. The number of hydrogen-bond donors (Lipinski definition) is 0. The quantitative estimate of drug-likeness (QED) is 0.602. The minimum Gasteiger partial charge on any atom is -0.235 e. The molecule has 2 rings (SSSR count). The molecule has 0 atom stereocenters. The number of aromatic nitrogens is 3. The summed E-state index contributed by atoms with van der Waals surface area (Å²) in [6.45, 7) is 1.85. The van der Waals surface area contributed by atoms with E-state index in [9.17, 15) is 8.78 Å². The molecule has 0 saturated heterocycles. The topological polar surface area (TPSA) is 38.7 Å². The average molecular weight is 245 g/mol. The monoisotopic (exact) mass is 245 g/mol. The van der Waals surface area contributed by atoms with E-state index >= 15 is 0 Å². The Balaban J connectivity index is 2.24. The van der Waals surface area contributed by atoms with Gasteiger partial charge in [0.15, 0.2) is 4.34 Å². The largest absolute Gasteiger partial charge is 0.312 e. The van der Waals surface area contributed by atoms with Crippen molar-refractivity contribution < 1.29 is 8.78 Å². The third kappa shape index (κ3) is 2.69. The second-order valence-electron chi connectivity index (χ2n) is 2.65. The number of nitrogens with zero attached hydrogens (tertiary/aromatic N) is 3. The summed E-state index contributed by atoms with van der Waals surface area (Å²) < 4.78 is 26.1. The van der Waals surface area contributed by atoms with Gasteiger partial charge in [-0.3, -0.25) is 0 Å². The zero-order valence-corrected chi connectivity index (χ0v) is 9.20. The van der Waals surface area contributed by atoms with Crippen LogP contribution in [0.1, 0.15) is 5.69 Å². The molecule has 0 N–H and O–H groups in total. The average Bonchev–Trinajstić information content (AvgIpc) is 2.49. The first-order valence-corrected chi connectivity index (χ1v) is 5.63. The van der Waals surface area contributed by atoms with Crippen LogP contribution in [0.2, 0.25) is 0 Å². The summed E-state index contributed by atoms with van der Waals surface area (Å²) in [5.74, 6) is -0.877. The molecule has 0 radical (unpaired) electrons. The fourth-order valence-electron chi connectivity index (χ4n) is 0.892. The van der Waals surface area contributed by atoms with E-state index in [1.807, 2.05) is 12.3 Å². The van der Waals surface area contributed by atoms with Gasteiger partial charge in [0.1, 0.15) is 5.03 Å². The van der Waals surface area contributed by atoms with E-state index in [1.165, 1.54) is 11.3 Å². The lowest BCUT2D eigenvalue weighted by atomic mass is 10.6. The second-order valence-corrected chi connectivity index (χ2v) is 4.78. The van der Waals surface area contributed by atoms with E-state index in [1.54, 1.807) is 0 Å². The van der Waals surface area contributed by atoms with Crippen LogP contribution < -0.4 is 0 Å². The van der Waals surface area contributed by atoms with Crippen LogP contribution in [0.3, 0.4) is 0 Å². The zero-order valence-electron chi connectivity index (χ0n) is 7.57. The number of halogens is 2. The predicted octanol–water partition coefficient (Wildman–Crippen LogP) is 2.67. The highest BCUT2D eigenvalue weighted by molar-refractivity contribution is 8.00. The number of hydrogen-bond acceptors (Lipinski definition) is 5. The molecule has 0 bridgehead atoms. The standard InChI is InChI=1S/C8H5F2N3S2/c1-4-3-14-8(11-4)15-6-2-5(9)12-7(10)13-6/h2-3H,1H3. The van der Waals surface area contributed by atoms with Crippen molar-refractivity contribution in [1.82, 2.24) is 15.0 Å². The third-order valence-electron chi connectivity index (χ3n) is 1.43. The molecule has 0 aliphatic carbocycles. The summed E-state index contributed by atoms with van der Waals surface area (Å²) in [5.41, 5.74) is 0.873. The van der Waals surface area contributed by atoms with Gasteiger partial charge in [-0.1, -0.05) is 0 Å². The Kier molecular flexibility index (Phi) is 2.92. The Morgan fingerprint density at radius 2 is 2.07 bits per heavy atom. The highest BCUT2D eigenvalue weighted by atomic mass is 32.2. The highest BCUT2D eigenvalue weighted by Gasteiger charge is 2.07. The van der Waals surface area contributed by atoms with E-state index in [2.05, 4.69) is 15.0 Å². The maximum atomic E-state index is 12.7. The molecular formula is C8H5F2N3S2. The molecule has 0 unspecified atom stereocenters. The van der Waals surface area contributed by atoms with E-state index in [0.29, 0.717) is 4.34 Å². The third-order valence-corrected chi connectivity index (χ3v) is 3.41. The summed E-state index contributed by atoms with van der Waals surface area (Å²) in [4.78, 5) is 10.5. The number of rotatable bonds is 2. The summed E-state index contributed by atoms with van der Waals surface area (Å²) in [6, 6.07) is 1.07. The van der Waals surface area contributed by atoms with Crippen molar-refractivity contribution in [3.63, 3.8) is 0 Å². The van der Waals surface area contributed by atoms with Crippen molar-refractivity contribution in [3.05, 3.63) is 29.2 Å². The van der Waals surface area contributed by atoms with Crippen LogP contribution in [-0.2, 0) is 0 Å². The van der Waals surface area contributed by atoms with Crippen molar-refractivity contribution in [1.29, 1.82) is 0 Å². The molecular weight excluding hydrogens is 240 g/mol. The molecule has 2 aromatic heterocycles. The Bertz CT molecular complexity index is 466. The molecule has 2 aromatic rings. The highest BCUT2D eigenvalue weighted by Crippen LogP contribution is 2.28. The second kappa shape index (κ2) is 4.19. The van der Waals surface area contributed by atoms with Gasteiger partial charge in [0.05, 0.1) is 0 Å². The van der Waals surface area contributed by atoms with Crippen molar-refractivity contribution >= 4 is 23.1 Å². The summed E-state index contributed by atoms with van der Waals surface area (Å²) in [7, 11) is 0. The van der Waals surface area contributed by atoms with Gasteiger partial charge < -0.3 is 0 Å². The molecule has 0 saturated carbocycles. The first-order chi connectivity index (χ1) is 7.13. The van der Waals surface area contributed by atoms with Gasteiger partial charge in [0, 0.05) is 17.1 Å². The van der Waals surface area contributed by atoms with Gasteiger partial charge in [-0.2, -0.15) is 18.7 Å². The Labute approximate surface area is 92.6 Å². The Morgan fingerprint density at radius 3 is 2.67 bits per heavy atom. The van der Waals surface area contributed by atoms with Crippen LogP contribution in [0.25, 0.3) is 0 Å². The maximum Gasteiger partial charge on any atom is 0.312 e. The molecule has 78 valence electrons. The molecule has 0 aliphatic heterocycles. The van der Waals surface area contributed by atoms with E-state index in [-0.39, 0.29) is 5.03 Å². The van der Waals surface area contributed by atoms with Crippen molar-refractivity contribution in [2.75, 3.05) is 0 Å². The van der Waals surface area contributed by atoms with Gasteiger partial charge in [-0.15, -0.1) is 11.3 Å². The van der Waals surface area contributed by atoms with E-state index in [0.717, 1.165) is 23.5 Å². The molecule has 7 heteroatoms. The van der Waals surface area contributed by atoms with E-state index in [4.69, 9.17) is 0 Å². The van der Waals surface area contributed by atoms with Crippen LogP contribution >= 0.6 is 23.1 Å². The normalized spacial score (nSPS) is 10.6. The lowest BCUT2D eigenvalue weighted by molar-refractivity contribution is 0.470. The van der Waals surface area contributed by atoms with Crippen molar-refractivity contribution in [2.45, 2.75) is 16.3 Å². The van der Waals surface area contributed by atoms with Crippen LogP contribution in [0.5, 0.6) is 0 Å². The molecule has 2 heterocycles. The fourth-order valence-corrected chi connectivity index (χ4v) is 2.65. The molecule has 3 nitrogen and oxygen atoms in total. The van der Waals surface area contributed by atoms with Crippen LogP contribution in [0.4, 0.5) is 8.78 Å². The fraction of sp³-hybridized carbons (Fsp3) is 0.125. The maximum absolute atomic E-state index is 12.7. The van der Waals surface area contributed by atoms with Gasteiger partial charge in [0.25, 0.3) is 0 Å². The minimum atomic E-state index is -1.06.